The molecule has 2 bridgehead atoms. The van der Waals surface area contributed by atoms with Crippen molar-refractivity contribution in [3.63, 3.8) is 0 Å². The highest BCUT2D eigenvalue weighted by Crippen LogP contribution is 2.48. The summed E-state index contributed by atoms with van der Waals surface area (Å²) in [7, 11) is 0. The van der Waals surface area contributed by atoms with Gasteiger partial charge in [0.15, 0.2) is 0 Å². The van der Waals surface area contributed by atoms with Crippen molar-refractivity contribution >= 4 is 29.4 Å². The number of carbonyl (C=O) groups excluding carboxylic acids is 3. The third kappa shape index (κ3) is 3.90. The van der Waals surface area contributed by atoms with Crippen LogP contribution in [0.4, 0.5) is 5.69 Å². The van der Waals surface area contributed by atoms with Gasteiger partial charge in [0, 0.05) is 17.2 Å². The number of carboxylic acid groups (broad SMARTS) is 1. The van der Waals surface area contributed by atoms with Crippen LogP contribution in [0.25, 0.3) is 0 Å². The molecule has 148 valence electrons. The third-order valence-corrected chi connectivity index (χ3v) is 5.29. The molecule has 1 saturated carbocycles. The molecule has 2 aliphatic rings. The minimum atomic E-state index is -0.998. The van der Waals surface area contributed by atoms with Crippen LogP contribution in [-0.4, -0.2) is 28.8 Å². The number of fused-ring (bicyclic) bond motifs is 2. The normalized spacial score (nSPS) is 24.8. The van der Waals surface area contributed by atoms with Gasteiger partial charge in [-0.05, 0) is 42.5 Å². The predicted octanol–water partition coefficient (Wildman–Crippen LogP) is 1.56. The first-order valence-electron chi connectivity index (χ1n) is 9.20. The zero-order valence-electron chi connectivity index (χ0n) is 15.6. The molecule has 1 aromatic carbocycles. The molecule has 0 aromatic heterocycles. The number of allylic oxidation sites excluding steroid dienone is 2. The second kappa shape index (κ2) is 7.84. The van der Waals surface area contributed by atoms with Crippen LogP contribution in [0, 0.1) is 29.6 Å². The molecule has 0 spiro atoms. The van der Waals surface area contributed by atoms with Crippen LogP contribution in [0.2, 0.25) is 0 Å². The molecule has 8 heteroatoms. The summed E-state index contributed by atoms with van der Waals surface area (Å²) in [5.41, 5.74) is 5.54. The molecule has 1 fully saturated rings. The van der Waals surface area contributed by atoms with Gasteiger partial charge in [0.1, 0.15) is 0 Å². The van der Waals surface area contributed by atoms with Gasteiger partial charge >= 0.3 is 5.97 Å². The number of anilines is 1. The molecule has 3 rings (SSSR count). The average Bonchev–Trinajstić information content (AvgIpc) is 3.27. The van der Waals surface area contributed by atoms with Gasteiger partial charge in [-0.3, -0.25) is 30.0 Å². The van der Waals surface area contributed by atoms with Crippen LogP contribution >= 0.6 is 0 Å². The van der Waals surface area contributed by atoms with Crippen LogP contribution in [0.15, 0.2) is 36.4 Å². The van der Waals surface area contributed by atoms with E-state index in [9.17, 15) is 24.3 Å². The van der Waals surface area contributed by atoms with Crippen molar-refractivity contribution in [2.24, 2.45) is 29.6 Å². The molecule has 0 radical (unpaired) electrons. The highest BCUT2D eigenvalue weighted by atomic mass is 16.4. The summed E-state index contributed by atoms with van der Waals surface area (Å²) < 4.78 is 0. The van der Waals surface area contributed by atoms with E-state index in [0.29, 0.717) is 17.7 Å². The van der Waals surface area contributed by atoms with Crippen molar-refractivity contribution in [2.45, 2.75) is 20.3 Å². The summed E-state index contributed by atoms with van der Waals surface area (Å²) in [6.07, 6.45) is 4.37. The predicted molar refractivity (Wildman–Crippen MR) is 101 cm³/mol. The van der Waals surface area contributed by atoms with Gasteiger partial charge in [-0.15, -0.1) is 0 Å². The van der Waals surface area contributed by atoms with Gasteiger partial charge in [0.05, 0.1) is 11.8 Å². The molecule has 0 heterocycles. The number of rotatable bonds is 5. The van der Waals surface area contributed by atoms with Gasteiger partial charge in [0.2, 0.25) is 11.8 Å². The molecule has 0 aliphatic heterocycles. The summed E-state index contributed by atoms with van der Waals surface area (Å²) >= 11 is 0. The maximum Gasteiger partial charge on any atom is 0.307 e. The maximum absolute atomic E-state index is 12.5. The topological polar surface area (TPSA) is 125 Å². The lowest BCUT2D eigenvalue weighted by Crippen LogP contribution is -2.48. The Kier molecular flexibility index (Phi) is 5.48. The maximum atomic E-state index is 12.5. The molecule has 0 unspecified atom stereocenters. The molecule has 28 heavy (non-hydrogen) atoms. The van der Waals surface area contributed by atoms with Gasteiger partial charge in [0.25, 0.3) is 5.91 Å². The Morgan fingerprint density at radius 3 is 2.14 bits per heavy atom. The highest BCUT2D eigenvalue weighted by molar-refractivity contribution is 5.97. The van der Waals surface area contributed by atoms with Crippen LogP contribution in [0.1, 0.15) is 30.6 Å². The third-order valence-electron chi connectivity index (χ3n) is 5.29. The lowest BCUT2D eigenvalue weighted by Gasteiger charge is -2.23. The monoisotopic (exact) mass is 385 g/mol. The second-order valence-corrected chi connectivity index (χ2v) is 7.50. The van der Waals surface area contributed by atoms with Crippen molar-refractivity contribution in [1.29, 1.82) is 0 Å². The summed E-state index contributed by atoms with van der Waals surface area (Å²) in [6.45, 7) is 3.56. The summed E-state index contributed by atoms with van der Waals surface area (Å²) in [6, 6.07) is 6.24. The highest BCUT2D eigenvalue weighted by Gasteiger charge is 2.51. The molecule has 3 amide bonds. The Morgan fingerprint density at radius 2 is 1.57 bits per heavy atom. The number of amides is 3. The standard InChI is InChI=1S/C20H23N3O5/c1-10(2)17(24)21-14-7-5-11(6-8-14)18(25)22-23-19(26)15-12-3-4-13(9-12)16(15)20(27)28/h3-8,10,12-13,15-16H,9H2,1-2H3,(H,21,24)(H,22,25)(H,23,26)(H,27,28)/t12-,13-,15+,16-/m0/s1. The van der Waals surface area contributed by atoms with E-state index in [4.69, 9.17) is 0 Å². The Balaban J connectivity index is 1.57. The van der Waals surface area contributed by atoms with Gasteiger partial charge in [-0.2, -0.15) is 0 Å². The zero-order chi connectivity index (χ0) is 20.4. The molecular weight excluding hydrogens is 362 g/mol. The van der Waals surface area contributed by atoms with Crippen LogP contribution in [-0.2, 0) is 14.4 Å². The molecular formula is C20H23N3O5. The van der Waals surface area contributed by atoms with Crippen LogP contribution in [0.5, 0.6) is 0 Å². The largest absolute Gasteiger partial charge is 0.481 e. The minimum absolute atomic E-state index is 0.119. The fourth-order valence-electron chi connectivity index (χ4n) is 3.78. The number of nitrogens with one attached hydrogen (secondary N) is 3. The van der Waals surface area contributed by atoms with E-state index in [2.05, 4.69) is 16.2 Å². The summed E-state index contributed by atoms with van der Waals surface area (Å²) in [5.74, 6) is -4.03. The van der Waals surface area contributed by atoms with Crippen LogP contribution < -0.4 is 16.2 Å². The van der Waals surface area contributed by atoms with Crippen molar-refractivity contribution < 1.29 is 24.3 Å². The summed E-state index contributed by atoms with van der Waals surface area (Å²) in [5, 5.41) is 12.1. The number of carboxylic acids is 1. The Hall–Kier alpha value is -3.16. The smallest absolute Gasteiger partial charge is 0.307 e. The van der Waals surface area contributed by atoms with E-state index in [-0.39, 0.29) is 23.7 Å². The van der Waals surface area contributed by atoms with Crippen molar-refractivity contribution in [1.82, 2.24) is 10.9 Å². The average molecular weight is 385 g/mol. The van der Waals surface area contributed by atoms with E-state index in [1.165, 1.54) is 12.1 Å². The number of benzene rings is 1. The minimum Gasteiger partial charge on any atom is -0.481 e. The van der Waals surface area contributed by atoms with E-state index < -0.39 is 29.6 Å². The van der Waals surface area contributed by atoms with Gasteiger partial charge in [-0.25, -0.2) is 0 Å². The summed E-state index contributed by atoms with van der Waals surface area (Å²) in [4.78, 5) is 47.9. The van der Waals surface area contributed by atoms with Crippen LogP contribution in [0.3, 0.4) is 0 Å². The Bertz CT molecular complexity index is 831. The van der Waals surface area contributed by atoms with E-state index in [0.717, 1.165) is 0 Å². The fourth-order valence-corrected chi connectivity index (χ4v) is 3.78. The molecule has 4 atom stereocenters. The van der Waals surface area contributed by atoms with Crippen molar-refractivity contribution in [2.75, 3.05) is 5.32 Å². The number of hydrazine groups is 1. The van der Waals surface area contributed by atoms with Crippen molar-refractivity contribution in [3.05, 3.63) is 42.0 Å². The van der Waals surface area contributed by atoms with Gasteiger partial charge < -0.3 is 10.4 Å². The Labute approximate surface area is 162 Å². The molecule has 1 aromatic rings. The number of aliphatic carboxylic acids is 1. The molecule has 8 nitrogen and oxygen atoms in total. The number of hydrogen-bond acceptors (Lipinski definition) is 4. The number of hydrogen-bond donors (Lipinski definition) is 4. The molecule has 0 saturated heterocycles. The SMILES string of the molecule is CC(C)C(=O)Nc1ccc(C(=O)NNC(=O)[C@H]2[C@@H](C(=O)O)[C@H]3C=C[C@H]2C3)cc1. The first kappa shape index (κ1) is 19.6. The van der Waals surface area contributed by atoms with E-state index >= 15 is 0 Å². The first-order chi connectivity index (χ1) is 13.3. The van der Waals surface area contributed by atoms with E-state index in [1.807, 2.05) is 12.2 Å². The van der Waals surface area contributed by atoms with E-state index in [1.54, 1.807) is 26.0 Å². The fraction of sp³-hybridized carbons (Fsp3) is 0.400. The Morgan fingerprint density at radius 1 is 0.964 bits per heavy atom. The molecule has 2 aliphatic carbocycles. The van der Waals surface area contributed by atoms with Crippen molar-refractivity contribution in [3.8, 4) is 0 Å². The second-order valence-electron chi connectivity index (χ2n) is 7.50. The zero-order valence-corrected chi connectivity index (χ0v) is 15.6. The lowest BCUT2D eigenvalue weighted by atomic mass is 9.82. The quantitative estimate of drug-likeness (QED) is 0.452. The molecule has 4 N–H and O–H groups in total. The van der Waals surface area contributed by atoms with Gasteiger partial charge in [-0.1, -0.05) is 26.0 Å². The first-order valence-corrected chi connectivity index (χ1v) is 9.20. The number of carbonyl (C=O) groups is 4. The lowest BCUT2D eigenvalue weighted by molar-refractivity contribution is -0.148.